The molecule has 0 aliphatic rings. The van der Waals surface area contributed by atoms with Gasteiger partial charge in [0.1, 0.15) is 12.6 Å². The molecule has 0 aliphatic carbocycles. The van der Waals surface area contributed by atoms with Crippen LogP contribution in [0.3, 0.4) is 0 Å². The first kappa shape index (κ1) is 30.8. The molecule has 208 valence electrons. The molecule has 0 bridgehead atoms. The lowest BCUT2D eigenvalue weighted by Gasteiger charge is -2.33. The zero-order chi connectivity index (χ0) is 28.7. The van der Waals surface area contributed by atoms with Crippen molar-refractivity contribution >= 4 is 62.3 Å². The highest BCUT2D eigenvalue weighted by Gasteiger charge is 2.34. The maximum absolute atomic E-state index is 14.0. The number of halogens is 3. The summed E-state index contributed by atoms with van der Waals surface area (Å²) in [5, 5.41) is 3.65. The van der Waals surface area contributed by atoms with Crippen LogP contribution in [0.15, 0.2) is 77.7 Å². The summed E-state index contributed by atoms with van der Waals surface area (Å²) >= 11 is 19.2. The molecule has 2 atom stereocenters. The lowest BCUT2D eigenvalue weighted by Crippen LogP contribution is -2.52. The van der Waals surface area contributed by atoms with Gasteiger partial charge in [0.05, 0.1) is 15.6 Å². The molecule has 0 heterocycles. The van der Waals surface area contributed by atoms with Gasteiger partial charge >= 0.3 is 0 Å². The van der Waals surface area contributed by atoms with E-state index in [1.807, 2.05) is 13.8 Å². The molecule has 2 amide bonds. The molecule has 7 nitrogen and oxygen atoms in total. The summed E-state index contributed by atoms with van der Waals surface area (Å²) in [4.78, 5) is 28.3. The fourth-order valence-corrected chi connectivity index (χ4v) is 6.05. The molecule has 0 unspecified atom stereocenters. The van der Waals surface area contributed by atoms with Crippen molar-refractivity contribution in [1.82, 2.24) is 10.2 Å². The Labute approximate surface area is 244 Å². The van der Waals surface area contributed by atoms with E-state index in [0.29, 0.717) is 22.0 Å². The molecule has 39 heavy (non-hydrogen) atoms. The Morgan fingerprint density at radius 2 is 1.41 bits per heavy atom. The highest BCUT2D eigenvalue weighted by atomic mass is 35.5. The molecule has 3 rings (SSSR count). The number of benzene rings is 3. The fraction of sp³-hybridized carbons (Fsp3) is 0.286. The van der Waals surface area contributed by atoms with E-state index in [9.17, 15) is 18.0 Å². The predicted molar refractivity (Wildman–Crippen MR) is 157 cm³/mol. The number of nitrogens with one attached hydrogen (secondary N) is 1. The zero-order valence-corrected chi connectivity index (χ0v) is 24.9. The van der Waals surface area contributed by atoms with Crippen LogP contribution in [0.4, 0.5) is 5.69 Å². The first-order valence-electron chi connectivity index (χ1n) is 12.3. The average molecular weight is 611 g/mol. The summed E-state index contributed by atoms with van der Waals surface area (Å²) in [6, 6.07) is 17.9. The normalized spacial score (nSPS) is 12.9. The summed E-state index contributed by atoms with van der Waals surface area (Å²) in [6.07, 6.45) is 0.693. The minimum atomic E-state index is -4.21. The van der Waals surface area contributed by atoms with Gasteiger partial charge in [-0.25, -0.2) is 8.42 Å². The lowest BCUT2D eigenvalue weighted by molar-refractivity contribution is -0.139. The van der Waals surface area contributed by atoms with Gasteiger partial charge in [-0.15, -0.1) is 0 Å². The molecular weight excluding hydrogens is 581 g/mol. The monoisotopic (exact) mass is 609 g/mol. The quantitative estimate of drug-likeness (QED) is 0.281. The van der Waals surface area contributed by atoms with E-state index in [4.69, 9.17) is 34.8 Å². The molecule has 0 aliphatic heterocycles. The van der Waals surface area contributed by atoms with Crippen molar-refractivity contribution in [3.8, 4) is 0 Å². The summed E-state index contributed by atoms with van der Waals surface area (Å²) in [6.45, 7) is 4.62. The van der Waals surface area contributed by atoms with Gasteiger partial charge in [0.2, 0.25) is 11.8 Å². The highest BCUT2D eigenvalue weighted by Crippen LogP contribution is 2.31. The van der Waals surface area contributed by atoms with E-state index in [1.54, 1.807) is 61.5 Å². The van der Waals surface area contributed by atoms with Crippen LogP contribution in [-0.4, -0.2) is 43.8 Å². The summed E-state index contributed by atoms with van der Waals surface area (Å²) in [7, 11) is -4.21. The third kappa shape index (κ3) is 7.45. The van der Waals surface area contributed by atoms with E-state index in [0.717, 1.165) is 4.31 Å². The van der Waals surface area contributed by atoms with Gasteiger partial charge in [-0.1, -0.05) is 78.1 Å². The van der Waals surface area contributed by atoms with Crippen LogP contribution < -0.4 is 9.62 Å². The molecule has 0 saturated carbocycles. The van der Waals surface area contributed by atoms with Crippen LogP contribution in [0.5, 0.6) is 0 Å². The van der Waals surface area contributed by atoms with Gasteiger partial charge in [0.25, 0.3) is 10.0 Å². The van der Waals surface area contributed by atoms with E-state index in [1.165, 1.54) is 23.1 Å². The van der Waals surface area contributed by atoms with Gasteiger partial charge in [-0.3, -0.25) is 13.9 Å². The van der Waals surface area contributed by atoms with Crippen molar-refractivity contribution in [1.29, 1.82) is 0 Å². The number of hydrogen-bond donors (Lipinski definition) is 1. The number of amides is 2. The van der Waals surface area contributed by atoms with E-state index in [-0.39, 0.29) is 28.2 Å². The maximum Gasteiger partial charge on any atom is 0.264 e. The number of carbonyl (C=O) groups is 2. The van der Waals surface area contributed by atoms with Crippen LogP contribution in [-0.2, 0) is 26.2 Å². The SMILES string of the molecule is CC[C@@H](C)NC(=O)[C@H](C)N(Cc1c(Cl)cccc1Cl)C(=O)CN(c1ccccc1Cl)S(=O)(=O)c1ccccc1. The van der Waals surface area contributed by atoms with Crippen LogP contribution in [0.25, 0.3) is 0 Å². The topological polar surface area (TPSA) is 86.8 Å². The molecule has 0 saturated heterocycles. The van der Waals surface area contributed by atoms with Crippen molar-refractivity contribution in [2.75, 3.05) is 10.8 Å². The molecule has 0 aromatic heterocycles. The van der Waals surface area contributed by atoms with Gasteiger partial charge < -0.3 is 10.2 Å². The van der Waals surface area contributed by atoms with Gasteiger partial charge in [-0.2, -0.15) is 0 Å². The number of para-hydroxylation sites is 1. The number of carbonyl (C=O) groups excluding carboxylic acids is 2. The second-order valence-corrected chi connectivity index (χ2v) is 12.1. The fourth-order valence-electron chi connectivity index (χ4n) is 3.79. The minimum Gasteiger partial charge on any atom is -0.352 e. The number of nitrogens with zero attached hydrogens (tertiary/aromatic N) is 2. The largest absolute Gasteiger partial charge is 0.352 e. The van der Waals surface area contributed by atoms with Crippen LogP contribution in [0.1, 0.15) is 32.8 Å². The van der Waals surface area contributed by atoms with Gasteiger partial charge in [0, 0.05) is 28.2 Å². The molecule has 3 aromatic rings. The maximum atomic E-state index is 14.0. The van der Waals surface area contributed by atoms with Crippen molar-refractivity contribution < 1.29 is 18.0 Å². The summed E-state index contributed by atoms with van der Waals surface area (Å²) < 4.78 is 28.5. The smallest absolute Gasteiger partial charge is 0.264 e. The van der Waals surface area contributed by atoms with Crippen LogP contribution in [0.2, 0.25) is 15.1 Å². The molecule has 0 fully saturated rings. The number of sulfonamides is 1. The minimum absolute atomic E-state index is 0.0130. The first-order chi connectivity index (χ1) is 18.5. The van der Waals surface area contributed by atoms with E-state index in [2.05, 4.69) is 5.32 Å². The van der Waals surface area contributed by atoms with Crippen molar-refractivity contribution in [3.05, 3.63) is 93.4 Å². The predicted octanol–water partition coefficient (Wildman–Crippen LogP) is 6.17. The number of anilines is 1. The molecular formula is C28H30Cl3N3O4S. The third-order valence-electron chi connectivity index (χ3n) is 6.29. The molecule has 1 N–H and O–H groups in total. The number of hydrogen-bond acceptors (Lipinski definition) is 4. The second-order valence-electron chi connectivity index (χ2n) is 8.99. The van der Waals surface area contributed by atoms with Gasteiger partial charge in [0.15, 0.2) is 0 Å². The molecule has 11 heteroatoms. The summed E-state index contributed by atoms with van der Waals surface area (Å²) in [5.74, 6) is -1.03. The Hall–Kier alpha value is -2.78. The first-order valence-corrected chi connectivity index (χ1v) is 14.9. The zero-order valence-electron chi connectivity index (χ0n) is 21.8. The van der Waals surface area contributed by atoms with E-state index >= 15 is 0 Å². The highest BCUT2D eigenvalue weighted by molar-refractivity contribution is 7.92. The van der Waals surface area contributed by atoms with Gasteiger partial charge in [-0.05, 0) is 56.7 Å². The van der Waals surface area contributed by atoms with Crippen LogP contribution >= 0.6 is 34.8 Å². The van der Waals surface area contributed by atoms with Crippen molar-refractivity contribution in [2.45, 2.75) is 50.7 Å². The molecule has 0 spiro atoms. The Kier molecular flexibility index (Phi) is 10.7. The molecule has 0 radical (unpaired) electrons. The third-order valence-corrected chi connectivity index (χ3v) is 9.09. The van der Waals surface area contributed by atoms with E-state index < -0.39 is 34.4 Å². The second kappa shape index (κ2) is 13.5. The Bertz CT molecular complexity index is 1400. The van der Waals surface area contributed by atoms with Crippen molar-refractivity contribution in [2.24, 2.45) is 0 Å². The lowest BCUT2D eigenvalue weighted by atomic mass is 10.1. The Morgan fingerprint density at radius 1 is 0.846 bits per heavy atom. The standard InChI is InChI=1S/C28H30Cl3N3O4S/c1-4-19(2)32-28(36)20(3)33(17-22-23(29)14-10-15-24(22)30)27(35)18-34(26-16-9-8-13-25(26)31)39(37,38)21-11-6-5-7-12-21/h5-16,19-20H,4,17-18H2,1-3H3,(H,32,36)/t19-,20+/m1/s1. The summed E-state index contributed by atoms with van der Waals surface area (Å²) in [5.41, 5.74) is 0.566. The van der Waals surface area contributed by atoms with Crippen molar-refractivity contribution in [3.63, 3.8) is 0 Å². The average Bonchev–Trinajstić information content (AvgIpc) is 2.92. The van der Waals surface area contributed by atoms with Crippen LogP contribution in [0, 0.1) is 0 Å². The Morgan fingerprint density at radius 3 is 2.00 bits per heavy atom. The number of rotatable bonds is 11. The molecule has 3 aromatic carbocycles. The Balaban J connectivity index is 2.07.